The van der Waals surface area contributed by atoms with Crippen LogP contribution in [0.15, 0.2) is 35.9 Å². The van der Waals surface area contributed by atoms with Crippen molar-refractivity contribution in [2.75, 3.05) is 13.2 Å². The molecule has 0 spiro atoms. The van der Waals surface area contributed by atoms with E-state index < -0.39 is 0 Å². The molecular formula is C18H16ClN3O3S2. The Labute approximate surface area is 169 Å². The molecule has 0 unspecified atom stereocenters. The van der Waals surface area contributed by atoms with Crippen LogP contribution in [-0.2, 0) is 13.1 Å². The molecule has 1 aliphatic heterocycles. The summed E-state index contributed by atoms with van der Waals surface area (Å²) in [5.74, 6) is 1.16. The Bertz CT molecular complexity index is 1150. The average Bonchev–Trinajstić information content (AvgIpc) is 2.82. The van der Waals surface area contributed by atoms with Crippen molar-refractivity contribution in [1.82, 2.24) is 14.1 Å². The van der Waals surface area contributed by atoms with Crippen molar-refractivity contribution in [3.8, 4) is 11.5 Å². The maximum absolute atomic E-state index is 12.9. The van der Waals surface area contributed by atoms with Gasteiger partial charge in [-0.2, -0.15) is 0 Å². The molecule has 6 nitrogen and oxygen atoms in total. The zero-order chi connectivity index (χ0) is 19.0. The minimum atomic E-state index is -0.137. The third-order valence-electron chi connectivity index (χ3n) is 4.17. The molecule has 3 aromatic rings. The van der Waals surface area contributed by atoms with Crippen molar-refractivity contribution in [3.05, 3.63) is 56.0 Å². The van der Waals surface area contributed by atoms with Gasteiger partial charge in [0.25, 0.3) is 5.56 Å². The molecule has 0 saturated carbocycles. The number of halogens is 1. The smallest absolute Gasteiger partial charge is 0.273 e. The summed E-state index contributed by atoms with van der Waals surface area (Å²) in [4.78, 5) is 17.3. The highest BCUT2D eigenvalue weighted by Crippen LogP contribution is 2.38. The summed E-state index contributed by atoms with van der Waals surface area (Å²) in [6.07, 6.45) is 4.06. The van der Waals surface area contributed by atoms with E-state index in [0.29, 0.717) is 57.1 Å². The molecule has 0 amide bonds. The van der Waals surface area contributed by atoms with Gasteiger partial charge in [0.2, 0.25) is 0 Å². The van der Waals surface area contributed by atoms with Gasteiger partial charge < -0.3 is 14.0 Å². The number of nitrogens with zero attached hydrogens (tertiary/aromatic N) is 3. The molecule has 4 rings (SSSR count). The van der Waals surface area contributed by atoms with E-state index in [1.54, 1.807) is 21.3 Å². The molecule has 27 heavy (non-hydrogen) atoms. The summed E-state index contributed by atoms with van der Waals surface area (Å²) in [7, 11) is 0. The Morgan fingerprint density at radius 2 is 2.19 bits per heavy atom. The van der Waals surface area contributed by atoms with Gasteiger partial charge in [0.15, 0.2) is 21.1 Å². The highest BCUT2D eigenvalue weighted by Gasteiger charge is 2.17. The molecule has 0 fully saturated rings. The third kappa shape index (κ3) is 3.40. The number of benzene rings is 1. The predicted octanol–water partition coefficient (Wildman–Crippen LogP) is 4.04. The number of aromatic nitrogens is 3. The van der Waals surface area contributed by atoms with Crippen molar-refractivity contribution < 1.29 is 9.47 Å². The van der Waals surface area contributed by atoms with Crippen molar-refractivity contribution in [2.45, 2.75) is 19.5 Å². The molecule has 9 heteroatoms. The van der Waals surface area contributed by atoms with E-state index in [1.165, 1.54) is 17.7 Å². The van der Waals surface area contributed by atoms with E-state index in [9.17, 15) is 4.79 Å². The first-order valence-corrected chi connectivity index (χ1v) is 9.96. The van der Waals surface area contributed by atoms with Crippen molar-refractivity contribution in [1.29, 1.82) is 0 Å². The number of hydrogen-bond acceptors (Lipinski definition) is 6. The summed E-state index contributed by atoms with van der Waals surface area (Å²) in [5, 5.41) is 0.472. The van der Waals surface area contributed by atoms with Crippen LogP contribution in [-0.4, -0.2) is 27.3 Å². The molecular weight excluding hydrogens is 406 g/mol. The van der Waals surface area contributed by atoms with Crippen molar-refractivity contribution in [2.24, 2.45) is 0 Å². The van der Waals surface area contributed by atoms with Crippen LogP contribution in [0.5, 0.6) is 11.5 Å². The second kappa shape index (κ2) is 7.46. The number of allylic oxidation sites excluding steroid dienone is 1. The molecule has 0 atom stereocenters. The quantitative estimate of drug-likeness (QED) is 0.470. The van der Waals surface area contributed by atoms with Crippen LogP contribution in [0.2, 0.25) is 5.02 Å². The first kappa shape index (κ1) is 18.2. The molecule has 0 radical (unpaired) electrons. The van der Waals surface area contributed by atoms with E-state index in [1.807, 2.05) is 6.07 Å². The van der Waals surface area contributed by atoms with Crippen LogP contribution < -0.4 is 15.0 Å². The molecule has 1 aromatic carbocycles. The lowest BCUT2D eigenvalue weighted by Crippen LogP contribution is -2.21. The highest BCUT2D eigenvalue weighted by molar-refractivity contribution is 7.73. The van der Waals surface area contributed by atoms with Crippen LogP contribution in [0, 0.1) is 3.95 Å². The summed E-state index contributed by atoms with van der Waals surface area (Å²) < 4.78 is 15.8. The number of rotatable bonds is 4. The Kier molecular flexibility index (Phi) is 5.03. The van der Waals surface area contributed by atoms with E-state index >= 15 is 0 Å². The highest BCUT2D eigenvalue weighted by atomic mass is 35.5. The minimum absolute atomic E-state index is 0.137. The second-order valence-electron chi connectivity index (χ2n) is 6.05. The average molecular weight is 422 g/mol. The summed E-state index contributed by atoms with van der Waals surface area (Å²) in [5.41, 5.74) is 1.28. The zero-order valence-corrected chi connectivity index (χ0v) is 16.7. The first-order chi connectivity index (χ1) is 13.1. The van der Waals surface area contributed by atoms with Crippen molar-refractivity contribution in [3.63, 3.8) is 0 Å². The van der Waals surface area contributed by atoms with E-state index in [-0.39, 0.29) is 5.56 Å². The maximum atomic E-state index is 12.9. The van der Waals surface area contributed by atoms with E-state index in [2.05, 4.69) is 11.6 Å². The fourth-order valence-electron chi connectivity index (χ4n) is 2.95. The molecule has 0 aliphatic carbocycles. The van der Waals surface area contributed by atoms with Crippen LogP contribution in [0.3, 0.4) is 0 Å². The van der Waals surface area contributed by atoms with Crippen LogP contribution in [0.25, 0.3) is 10.3 Å². The fourth-order valence-corrected chi connectivity index (χ4v) is 4.55. The van der Waals surface area contributed by atoms with Gasteiger partial charge in [-0.05, 0) is 29.9 Å². The Morgan fingerprint density at radius 1 is 1.37 bits per heavy atom. The number of fused-ring (bicyclic) bond motifs is 2. The lowest BCUT2D eigenvalue weighted by molar-refractivity contribution is 0.297. The van der Waals surface area contributed by atoms with Gasteiger partial charge >= 0.3 is 0 Å². The number of hydrogen-bond donors (Lipinski definition) is 0. The van der Waals surface area contributed by atoms with Gasteiger partial charge in [0.05, 0.1) is 24.8 Å². The Morgan fingerprint density at radius 3 is 3.00 bits per heavy atom. The molecule has 2 aromatic heterocycles. The van der Waals surface area contributed by atoms with E-state index in [0.717, 1.165) is 12.0 Å². The molecule has 0 N–H and O–H groups in total. The normalized spacial score (nSPS) is 13.5. The van der Waals surface area contributed by atoms with Crippen LogP contribution >= 0.6 is 35.2 Å². The van der Waals surface area contributed by atoms with Gasteiger partial charge in [-0.3, -0.25) is 9.36 Å². The largest absolute Gasteiger partial charge is 0.489 e. The number of thiazole rings is 1. The molecule has 0 saturated heterocycles. The lowest BCUT2D eigenvalue weighted by atomic mass is 10.2. The Balaban J connectivity index is 1.74. The summed E-state index contributed by atoms with van der Waals surface area (Å²) in [6.45, 7) is 5.70. The monoisotopic (exact) mass is 421 g/mol. The fraction of sp³-hybridized carbons (Fsp3) is 0.278. The lowest BCUT2D eigenvalue weighted by Gasteiger charge is -2.12. The SMILES string of the molecule is C=CCn1c(=S)sc2c(=O)n(Cc3cc(Cl)c4c(c3)OCCCO4)cnc21. The molecule has 3 heterocycles. The topological polar surface area (TPSA) is 58.3 Å². The van der Waals surface area contributed by atoms with Gasteiger partial charge in [0.1, 0.15) is 11.0 Å². The molecule has 0 bridgehead atoms. The van der Waals surface area contributed by atoms with E-state index in [4.69, 9.17) is 33.3 Å². The van der Waals surface area contributed by atoms with Gasteiger partial charge in [0, 0.05) is 13.0 Å². The Hall–Kier alpha value is -2.16. The standard InChI is InChI=1S/C18H16ClN3O3S2/c1-2-4-22-16-15(27-18(22)26)17(23)21(10-20-16)9-11-7-12(19)14-13(8-11)24-5-3-6-25-14/h2,7-8,10H,1,3-6,9H2. The maximum Gasteiger partial charge on any atom is 0.273 e. The first-order valence-electron chi connectivity index (χ1n) is 8.36. The number of ether oxygens (including phenoxy) is 2. The van der Waals surface area contributed by atoms with Crippen molar-refractivity contribution >= 4 is 45.5 Å². The van der Waals surface area contributed by atoms with Crippen LogP contribution in [0.4, 0.5) is 0 Å². The summed E-state index contributed by atoms with van der Waals surface area (Å²) >= 11 is 13.0. The minimum Gasteiger partial charge on any atom is -0.489 e. The predicted molar refractivity (Wildman–Crippen MR) is 109 cm³/mol. The summed E-state index contributed by atoms with van der Waals surface area (Å²) in [6, 6.07) is 3.64. The molecule has 1 aliphatic rings. The van der Waals surface area contributed by atoms with Gasteiger partial charge in [-0.15, -0.1) is 6.58 Å². The third-order valence-corrected chi connectivity index (χ3v) is 5.88. The second-order valence-corrected chi connectivity index (χ2v) is 8.10. The molecule has 140 valence electrons. The zero-order valence-electron chi connectivity index (χ0n) is 14.3. The van der Waals surface area contributed by atoms with Gasteiger partial charge in [-0.25, -0.2) is 4.98 Å². The van der Waals surface area contributed by atoms with Crippen LogP contribution in [0.1, 0.15) is 12.0 Å². The van der Waals surface area contributed by atoms with Gasteiger partial charge in [-0.1, -0.05) is 29.0 Å².